The number of carbonyl (C=O) groups excluding carboxylic acids is 1. The highest BCUT2D eigenvalue weighted by atomic mass is 16.5. The summed E-state index contributed by atoms with van der Waals surface area (Å²) < 4.78 is 22.0. The van der Waals surface area contributed by atoms with Crippen molar-refractivity contribution in [2.45, 2.75) is 37.8 Å². The summed E-state index contributed by atoms with van der Waals surface area (Å²) in [5.41, 5.74) is 1.72. The minimum Gasteiger partial charge on any atom is -0.493 e. The fourth-order valence-electron chi connectivity index (χ4n) is 3.90. The molecule has 3 aromatic rings. The number of hydrogen-bond acceptors (Lipinski definition) is 8. The molecule has 2 aromatic heterocycles. The van der Waals surface area contributed by atoms with Gasteiger partial charge in [0.2, 0.25) is 5.75 Å². The molecule has 4 rings (SSSR count). The van der Waals surface area contributed by atoms with Gasteiger partial charge < -0.3 is 24.3 Å². The maximum atomic E-state index is 12.8. The van der Waals surface area contributed by atoms with E-state index in [-0.39, 0.29) is 18.1 Å². The number of nitrogens with zero attached hydrogens (tertiary/aromatic N) is 3. The van der Waals surface area contributed by atoms with Crippen molar-refractivity contribution < 1.29 is 23.7 Å². The first-order valence-corrected chi connectivity index (χ1v) is 10.7. The second kappa shape index (κ2) is 10.2. The number of hydrogen-bond donors (Lipinski definition) is 2. The molecular weight excluding hydrogens is 426 g/mol. The van der Waals surface area contributed by atoms with Crippen LogP contribution >= 0.6 is 0 Å². The first-order chi connectivity index (χ1) is 16.1. The van der Waals surface area contributed by atoms with E-state index in [1.165, 1.54) is 0 Å². The third kappa shape index (κ3) is 5.16. The predicted molar refractivity (Wildman–Crippen MR) is 120 cm³/mol. The van der Waals surface area contributed by atoms with E-state index in [9.17, 15) is 4.79 Å². The van der Waals surface area contributed by atoms with E-state index in [2.05, 4.69) is 25.5 Å². The molecule has 1 amide bonds. The van der Waals surface area contributed by atoms with Crippen molar-refractivity contribution in [2.24, 2.45) is 0 Å². The van der Waals surface area contributed by atoms with Crippen LogP contribution in [0.4, 0.5) is 0 Å². The molecule has 1 aromatic carbocycles. The van der Waals surface area contributed by atoms with Gasteiger partial charge in [-0.15, -0.1) is 0 Å². The van der Waals surface area contributed by atoms with Gasteiger partial charge >= 0.3 is 6.01 Å². The smallest absolute Gasteiger partial charge is 0.316 e. The highest BCUT2D eigenvalue weighted by Gasteiger charge is 2.25. The van der Waals surface area contributed by atoms with E-state index < -0.39 is 0 Å². The normalized spacial score (nSPS) is 17.8. The zero-order valence-corrected chi connectivity index (χ0v) is 18.8. The van der Waals surface area contributed by atoms with Crippen molar-refractivity contribution in [3.05, 3.63) is 42.4 Å². The molecule has 0 radical (unpaired) electrons. The first kappa shape index (κ1) is 22.4. The zero-order valence-electron chi connectivity index (χ0n) is 18.8. The molecule has 1 saturated carbocycles. The van der Waals surface area contributed by atoms with Gasteiger partial charge in [0, 0.05) is 24.0 Å². The Morgan fingerprint density at radius 2 is 1.64 bits per heavy atom. The van der Waals surface area contributed by atoms with Gasteiger partial charge in [-0.3, -0.25) is 9.89 Å². The largest absolute Gasteiger partial charge is 0.493 e. The minimum atomic E-state index is -0.197. The predicted octanol–water partition coefficient (Wildman–Crippen LogP) is 3.01. The number of aromatic nitrogens is 4. The summed E-state index contributed by atoms with van der Waals surface area (Å²) >= 11 is 0. The van der Waals surface area contributed by atoms with Crippen molar-refractivity contribution in [1.29, 1.82) is 0 Å². The number of benzene rings is 1. The van der Waals surface area contributed by atoms with Crippen molar-refractivity contribution in [3.8, 4) is 34.5 Å². The molecule has 33 heavy (non-hydrogen) atoms. The lowest BCUT2D eigenvalue weighted by Crippen LogP contribution is -2.40. The van der Waals surface area contributed by atoms with Gasteiger partial charge in [-0.25, -0.2) is 9.97 Å². The summed E-state index contributed by atoms with van der Waals surface area (Å²) in [6.07, 6.45) is 6.65. The minimum absolute atomic E-state index is 0.0549. The van der Waals surface area contributed by atoms with Gasteiger partial charge in [0.05, 0.1) is 27.0 Å². The quantitative estimate of drug-likeness (QED) is 0.534. The second-order valence-corrected chi connectivity index (χ2v) is 7.68. The molecule has 0 saturated heterocycles. The van der Waals surface area contributed by atoms with Gasteiger partial charge in [0.15, 0.2) is 11.5 Å². The standard InChI is InChI=1S/C23H27N5O5/c1-30-19-11-14(12-20(31-2)21(19)32-3)17-13-18(28-27-17)22(29)26-15-5-7-16(8-6-15)33-23-24-9-4-10-25-23/h4,9-13,15-16H,5-8H2,1-3H3,(H,26,29)(H,27,28). The molecule has 0 aliphatic heterocycles. The fourth-order valence-corrected chi connectivity index (χ4v) is 3.90. The van der Waals surface area contributed by atoms with Gasteiger partial charge in [-0.05, 0) is 49.9 Å². The lowest BCUT2D eigenvalue weighted by Gasteiger charge is -2.28. The molecule has 0 atom stereocenters. The van der Waals surface area contributed by atoms with Crippen molar-refractivity contribution in [2.75, 3.05) is 21.3 Å². The Hall–Kier alpha value is -3.82. The Morgan fingerprint density at radius 3 is 2.24 bits per heavy atom. The maximum Gasteiger partial charge on any atom is 0.316 e. The van der Waals surface area contributed by atoms with Crippen molar-refractivity contribution in [3.63, 3.8) is 0 Å². The van der Waals surface area contributed by atoms with Gasteiger partial charge in [-0.1, -0.05) is 0 Å². The Bertz CT molecular complexity index is 1050. The second-order valence-electron chi connectivity index (χ2n) is 7.68. The molecule has 2 heterocycles. The van der Waals surface area contributed by atoms with E-state index in [4.69, 9.17) is 18.9 Å². The highest BCUT2D eigenvalue weighted by Crippen LogP contribution is 2.40. The molecule has 10 nitrogen and oxygen atoms in total. The molecule has 0 spiro atoms. The lowest BCUT2D eigenvalue weighted by atomic mass is 9.93. The van der Waals surface area contributed by atoms with Crippen LogP contribution in [0.25, 0.3) is 11.3 Å². The number of aromatic amines is 1. The van der Waals surface area contributed by atoms with E-state index in [1.807, 2.05) is 0 Å². The number of nitrogens with one attached hydrogen (secondary N) is 2. The average Bonchev–Trinajstić information content (AvgIpc) is 3.35. The average molecular weight is 453 g/mol. The topological polar surface area (TPSA) is 120 Å². The van der Waals surface area contributed by atoms with Crippen LogP contribution in [0.3, 0.4) is 0 Å². The number of methoxy groups -OCH3 is 3. The van der Waals surface area contributed by atoms with Crippen LogP contribution in [-0.2, 0) is 0 Å². The Morgan fingerprint density at radius 1 is 0.970 bits per heavy atom. The summed E-state index contributed by atoms with van der Waals surface area (Å²) in [5.74, 6) is 1.33. The number of carbonyl (C=O) groups is 1. The molecule has 0 unspecified atom stereocenters. The van der Waals surface area contributed by atoms with Gasteiger partial charge in [-0.2, -0.15) is 5.10 Å². The van der Waals surface area contributed by atoms with Crippen LogP contribution < -0.4 is 24.3 Å². The number of amides is 1. The molecule has 174 valence electrons. The van der Waals surface area contributed by atoms with Crippen LogP contribution in [-0.4, -0.2) is 59.5 Å². The Kier molecular flexibility index (Phi) is 6.92. The summed E-state index contributed by atoms with van der Waals surface area (Å²) in [7, 11) is 4.65. The monoisotopic (exact) mass is 453 g/mol. The summed E-state index contributed by atoms with van der Waals surface area (Å²) in [6.45, 7) is 0. The van der Waals surface area contributed by atoms with E-state index in [0.29, 0.717) is 34.6 Å². The number of H-pyrrole nitrogens is 1. The van der Waals surface area contributed by atoms with Crippen molar-refractivity contribution in [1.82, 2.24) is 25.5 Å². The molecule has 10 heteroatoms. The van der Waals surface area contributed by atoms with Crippen LogP contribution in [0.2, 0.25) is 0 Å². The molecule has 1 aliphatic rings. The van der Waals surface area contributed by atoms with Crippen LogP contribution in [0, 0.1) is 0 Å². The van der Waals surface area contributed by atoms with Crippen LogP contribution in [0.15, 0.2) is 36.7 Å². The van der Waals surface area contributed by atoms with Crippen LogP contribution in [0.1, 0.15) is 36.2 Å². The Labute approximate surface area is 191 Å². The summed E-state index contributed by atoms with van der Waals surface area (Å²) in [6, 6.07) is 7.50. The van der Waals surface area contributed by atoms with Crippen molar-refractivity contribution >= 4 is 5.91 Å². The molecular formula is C23H27N5O5. The first-order valence-electron chi connectivity index (χ1n) is 10.7. The van der Waals surface area contributed by atoms with E-state index in [1.54, 1.807) is 58.0 Å². The van der Waals surface area contributed by atoms with Gasteiger partial charge in [0.1, 0.15) is 11.8 Å². The zero-order chi connectivity index (χ0) is 23.2. The molecule has 2 N–H and O–H groups in total. The highest BCUT2D eigenvalue weighted by molar-refractivity contribution is 5.93. The number of ether oxygens (including phenoxy) is 4. The van der Waals surface area contributed by atoms with E-state index >= 15 is 0 Å². The third-order valence-electron chi connectivity index (χ3n) is 5.61. The summed E-state index contributed by atoms with van der Waals surface area (Å²) in [5, 5.41) is 10.2. The summed E-state index contributed by atoms with van der Waals surface area (Å²) in [4.78, 5) is 21.0. The SMILES string of the molecule is COc1cc(-c2cc(C(=O)NC3CCC(Oc4ncccn4)CC3)[nH]n2)cc(OC)c1OC. The maximum absolute atomic E-state index is 12.8. The molecule has 1 aliphatic carbocycles. The van der Waals surface area contributed by atoms with Crippen LogP contribution in [0.5, 0.6) is 23.3 Å². The third-order valence-corrected chi connectivity index (χ3v) is 5.61. The molecule has 0 bridgehead atoms. The van der Waals surface area contributed by atoms with Gasteiger partial charge in [0.25, 0.3) is 5.91 Å². The van der Waals surface area contributed by atoms with E-state index in [0.717, 1.165) is 31.2 Å². The molecule has 1 fully saturated rings. The Balaban J connectivity index is 1.37. The fraction of sp³-hybridized carbons (Fsp3) is 0.391. The number of rotatable bonds is 8. The lowest BCUT2D eigenvalue weighted by molar-refractivity contribution is 0.0880.